The second-order valence-corrected chi connectivity index (χ2v) is 5.68. The van der Waals surface area contributed by atoms with E-state index in [0.717, 1.165) is 12.5 Å². The van der Waals surface area contributed by atoms with E-state index in [0.29, 0.717) is 0 Å². The van der Waals surface area contributed by atoms with Gasteiger partial charge >= 0.3 is 0 Å². The van der Waals surface area contributed by atoms with Crippen molar-refractivity contribution in [2.45, 2.75) is 33.2 Å². The highest BCUT2D eigenvalue weighted by Crippen LogP contribution is 2.20. The number of benzene rings is 1. The summed E-state index contributed by atoms with van der Waals surface area (Å²) in [6.45, 7) is 10.0. The average molecular weight is 232 g/mol. The molecule has 17 heavy (non-hydrogen) atoms. The van der Waals surface area contributed by atoms with Gasteiger partial charge in [-0.3, -0.25) is 0 Å². The highest BCUT2D eigenvalue weighted by Gasteiger charge is 2.20. The van der Waals surface area contributed by atoms with E-state index in [9.17, 15) is 0 Å². The Labute approximate surface area is 105 Å². The van der Waals surface area contributed by atoms with Gasteiger partial charge in [0.15, 0.2) is 0 Å². The second-order valence-electron chi connectivity index (χ2n) is 5.68. The van der Waals surface area contributed by atoms with Gasteiger partial charge in [-0.1, -0.05) is 36.2 Å². The summed E-state index contributed by atoms with van der Waals surface area (Å²) in [5, 5.41) is 0. The van der Waals surface area contributed by atoms with Crippen LogP contribution in [0.15, 0.2) is 18.2 Å². The summed E-state index contributed by atoms with van der Waals surface area (Å²) in [6.07, 6.45) is 1.32. The number of nitrogens with zero attached hydrogens (tertiary/aromatic N) is 1. The third kappa shape index (κ3) is 3.30. The zero-order valence-electron chi connectivity index (χ0n) is 11.2. The van der Waals surface area contributed by atoms with E-state index < -0.39 is 0 Å². The fraction of sp³-hybridized carbons (Fsp3) is 0.600. The lowest BCUT2D eigenvalue weighted by atomic mass is 10.0. The molecule has 1 aliphatic heterocycles. The first kappa shape index (κ1) is 12.6. The van der Waals surface area contributed by atoms with Gasteiger partial charge in [0.2, 0.25) is 0 Å². The number of likely N-dealkylation sites (tertiary alicyclic amines) is 1. The Bertz CT molecular complexity index is 366. The van der Waals surface area contributed by atoms with E-state index >= 15 is 0 Å². The molecule has 0 spiro atoms. The summed E-state index contributed by atoms with van der Waals surface area (Å²) in [4.78, 5) is 2.49. The Morgan fingerprint density at radius 3 is 2.47 bits per heavy atom. The van der Waals surface area contributed by atoms with Gasteiger partial charge < -0.3 is 10.6 Å². The third-order valence-electron chi connectivity index (χ3n) is 3.64. The molecule has 0 bridgehead atoms. The summed E-state index contributed by atoms with van der Waals surface area (Å²) in [5.41, 5.74) is 10.2. The van der Waals surface area contributed by atoms with Crippen LogP contribution in [0.4, 0.5) is 0 Å². The summed E-state index contributed by atoms with van der Waals surface area (Å²) < 4.78 is 0. The molecule has 0 radical (unpaired) electrons. The van der Waals surface area contributed by atoms with Crippen molar-refractivity contribution in [1.82, 2.24) is 4.90 Å². The van der Waals surface area contributed by atoms with Gasteiger partial charge in [-0.2, -0.15) is 0 Å². The number of nitrogens with two attached hydrogens (primary N) is 1. The van der Waals surface area contributed by atoms with Crippen LogP contribution in [0.1, 0.15) is 36.1 Å². The molecule has 1 fully saturated rings. The average Bonchev–Trinajstić information content (AvgIpc) is 2.62. The monoisotopic (exact) mass is 232 g/mol. The minimum absolute atomic E-state index is 0.152. The smallest absolute Gasteiger partial charge is 0.0424 e. The van der Waals surface area contributed by atoms with Crippen molar-refractivity contribution in [3.63, 3.8) is 0 Å². The van der Waals surface area contributed by atoms with Crippen molar-refractivity contribution in [2.75, 3.05) is 19.6 Å². The van der Waals surface area contributed by atoms with E-state index in [-0.39, 0.29) is 6.04 Å². The predicted molar refractivity (Wildman–Crippen MR) is 73.1 cm³/mol. The molecule has 0 aliphatic carbocycles. The first-order chi connectivity index (χ1) is 8.04. The van der Waals surface area contributed by atoms with Gasteiger partial charge in [0.05, 0.1) is 0 Å². The van der Waals surface area contributed by atoms with E-state index in [1.807, 2.05) is 0 Å². The molecule has 1 aliphatic rings. The number of hydrogen-bond acceptors (Lipinski definition) is 2. The molecule has 1 aromatic carbocycles. The normalized spacial score (nSPS) is 22.9. The lowest BCUT2D eigenvalue weighted by Crippen LogP contribution is -2.30. The molecule has 2 atom stereocenters. The van der Waals surface area contributed by atoms with Crippen molar-refractivity contribution in [2.24, 2.45) is 11.7 Å². The first-order valence-electron chi connectivity index (χ1n) is 6.60. The van der Waals surface area contributed by atoms with Gasteiger partial charge in [-0.05, 0) is 38.3 Å². The predicted octanol–water partition coefficient (Wildman–Crippen LogP) is 2.65. The molecule has 2 N–H and O–H groups in total. The minimum Gasteiger partial charge on any atom is -0.323 e. The zero-order chi connectivity index (χ0) is 12.4. The molecule has 2 nitrogen and oxygen atoms in total. The minimum atomic E-state index is 0.152. The van der Waals surface area contributed by atoms with Crippen LogP contribution in [0.3, 0.4) is 0 Å². The fourth-order valence-electron chi connectivity index (χ4n) is 2.80. The molecule has 2 rings (SSSR count). The van der Waals surface area contributed by atoms with Gasteiger partial charge in [0, 0.05) is 19.1 Å². The van der Waals surface area contributed by atoms with E-state index in [1.165, 1.54) is 36.2 Å². The van der Waals surface area contributed by atoms with Crippen LogP contribution in [0.25, 0.3) is 0 Å². The Kier molecular flexibility index (Phi) is 3.85. The molecule has 2 unspecified atom stereocenters. The maximum absolute atomic E-state index is 6.32. The van der Waals surface area contributed by atoms with Gasteiger partial charge in [0.1, 0.15) is 0 Å². The van der Waals surface area contributed by atoms with E-state index in [1.54, 1.807) is 0 Å². The SMILES string of the molecule is Cc1cc(C)cc(C(N)CN2CCC(C)C2)c1. The highest BCUT2D eigenvalue weighted by atomic mass is 15.2. The molecule has 2 heteroatoms. The van der Waals surface area contributed by atoms with Crippen LogP contribution < -0.4 is 5.73 Å². The quantitative estimate of drug-likeness (QED) is 0.868. The molecule has 1 aromatic rings. The number of rotatable bonds is 3. The third-order valence-corrected chi connectivity index (χ3v) is 3.64. The number of aryl methyl sites for hydroxylation is 2. The standard InChI is InChI=1S/C15H24N2/c1-11-4-5-17(9-11)10-15(16)14-7-12(2)6-13(3)8-14/h6-8,11,15H,4-5,9-10,16H2,1-3H3. The first-order valence-corrected chi connectivity index (χ1v) is 6.60. The van der Waals surface area contributed by atoms with Crippen LogP contribution in [0, 0.1) is 19.8 Å². The highest BCUT2D eigenvalue weighted by molar-refractivity contribution is 5.30. The maximum atomic E-state index is 6.32. The van der Waals surface area contributed by atoms with Crippen molar-refractivity contribution >= 4 is 0 Å². The Morgan fingerprint density at radius 1 is 1.29 bits per heavy atom. The molecule has 0 aromatic heterocycles. The van der Waals surface area contributed by atoms with Gasteiger partial charge in [-0.15, -0.1) is 0 Å². The maximum Gasteiger partial charge on any atom is 0.0424 e. The Morgan fingerprint density at radius 2 is 1.94 bits per heavy atom. The van der Waals surface area contributed by atoms with Crippen LogP contribution in [-0.2, 0) is 0 Å². The lowest BCUT2D eigenvalue weighted by Gasteiger charge is -2.21. The van der Waals surface area contributed by atoms with E-state index in [4.69, 9.17) is 5.73 Å². The van der Waals surface area contributed by atoms with Crippen molar-refractivity contribution in [3.8, 4) is 0 Å². The van der Waals surface area contributed by atoms with Crippen molar-refractivity contribution in [1.29, 1.82) is 0 Å². The molecule has 0 saturated carbocycles. The van der Waals surface area contributed by atoms with Gasteiger partial charge in [0.25, 0.3) is 0 Å². The summed E-state index contributed by atoms with van der Waals surface area (Å²) >= 11 is 0. The molecule has 0 amide bonds. The second kappa shape index (κ2) is 5.19. The zero-order valence-corrected chi connectivity index (χ0v) is 11.2. The van der Waals surface area contributed by atoms with Crippen LogP contribution in [0.2, 0.25) is 0 Å². The number of hydrogen-bond donors (Lipinski definition) is 1. The summed E-state index contributed by atoms with van der Waals surface area (Å²) in [5.74, 6) is 0.835. The molecular weight excluding hydrogens is 208 g/mol. The summed E-state index contributed by atoms with van der Waals surface area (Å²) in [7, 11) is 0. The Balaban J connectivity index is 2.01. The summed E-state index contributed by atoms with van der Waals surface area (Å²) in [6, 6.07) is 6.79. The van der Waals surface area contributed by atoms with Crippen LogP contribution >= 0.6 is 0 Å². The van der Waals surface area contributed by atoms with Crippen LogP contribution in [0.5, 0.6) is 0 Å². The van der Waals surface area contributed by atoms with Crippen molar-refractivity contribution < 1.29 is 0 Å². The molecule has 94 valence electrons. The fourth-order valence-corrected chi connectivity index (χ4v) is 2.80. The molecular formula is C15H24N2. The Hall–Kier alpha value is -0.860. The topological polar surface area (TPSA) is 29.3 Å². The van der Waals surface area contributed by atoms with Crippen LogP contribution in [-0.4, -0.2) is 24.5 Å². The lowest BCUT2D eigenvalue weighted by molar-refractivity contribution is 0.306. The van der Waals surface area contributed by atoms with Gasteiger partial charge in [-0.25, -0.2) is 0 Å². The molecule has 1 heterocycles. The van der Waals surface area contributed by atoms with E-state index in [2.05, 4.69) is 43.9 Å². The van der Waals surface area contributed by atoms with Crippen molar-refractivity contribution in [3.05, 3.63) is 34.9 Å². The largest absolute Gasteiger partial charge is 0.323 e. The molecule has 1 saturated heterocycles.